The molecule has 3 aromatic heterocycles. The van der Waals surface area contributed by atoms with Crippen molar-refractivity contribution in [3.63, 3.8) is 0 Å². The lowest BCUT2D eigenvalue weighted by molar-refractivity contribution is 0.891. The molecule has 0 bridgehead atoms. The number of benzene rings is 2. The normalized spacial score (nSPS) is 11.2. The highest BCUT2D eigenvalue weighted by molar-refractivity contribution is 7.98. The van der Waals surface area contributed by atoms with E-state index in [0.717, 1.165) is 22.0 Å². The fourth-order valence-corrected chi connectivity index (χ4v) is 4.54. The summed E-state index contributed by atoms with van der Waals surface area (Å²) in [6.07, 6.45) is 0. The second-order valence-corrected chi connectivity index (χ2v) is 8.57. The monoisotopic (exact) mass is 432 g/mol. The molecule has 0 aliphatic rings. The van der Waals surface area contributed by atoms with Gasteiger partial charge in [-0.15, -0.1) is 5.10 Å². The van der Waals surface area contributed by atoms with Crippen LogP contribution in [0.5, 0.6) is 0 Å². The molecule has 5 rings (SSSR count). The number of hydrogen-bond donors (Lipinski definition) is 1. The van der Waals surface area contributed by atoms with Crippen LogP contribution >= 0.6 is 23.1 Å². The molecular formula is C21H16N6OS2. The van der Waals surface area contributed by atoms with Gasteiger partial charge in [0.05, 0.1) is 5.69 Å². The molecule has 0 spiro atoms. The van der Waals surface area contributed by atoms with Gasteiger partial charge >= 0.3 is 0 Å². The number of nitrogens with zero attached hydrogens (tertiary/aromatic N) is 5. The van der Waals surface area contributed by atoms with Gasteiger partial charge in [0.1, 0.15) is 5.01 Å². The van der Waals surface area contributed by atoms with Crippen LogP contribution in [0.2, 0.25) is 0 Å². The Morgan fingerprint density at radius 2 is 1.83 bits per heavy atom. The highest BCUT2D eigenvalue weighted by Crippen LogP contribution is 2.25. The lowest BCUT2D eigenvalue weighted by atomic mass is 10.1. The van der Waals surface area contributed by atoms with Crippen molar-refractivity contribution < 1.29 is 0 Å². The standard InChI is InChI=1S/C21H16N6OS2/c1-13-7-9-14(10-8-13)18-23-20(25-24-18)29-12-16-11-17(28)27-21(22-16)30-19(26-27)15-5-3-2-4-6-15/h2-11H,12H2,1H3,(H,23,24,25). The van der Waals surface area contributed by atoms with Crippen molar-refractivity contribution in [2.45, 2.75) is 17.8 Å². The minimum Gasteiger partial charge on any atom is -0.267 e. The topological polar surface area (TPSA) is 88.8 Å². The molecule has 148 valence electrons. The highest BCUT2D eigenvalue weighted by Gasteiger charge is 2.12. The predicted molar refractivity (Wildman–Crippen MR) is 119 cm³/mol. The number of nitrogens with one attached hydrogen (secondary N) is 1. The van der Waals surface area contributed by atoms with Gasteiger partial charge in [-0.05, 0) is 6.92 Å². The first-order chi connectivity index (χ1) is 14.7. The van der Waals surface area contributed by atoms with Gasteiger partial charge in [0.25, 0.3) is 5.56 Å². The van der Waals surface area contributed by atoms with Gasteiger partial charge in [-0.1, -0.05) is 83.3 Å². The average Bonchev–Trinajstić information content (AvgIpc) is 3.41. The quantitative estimate of drug-likeness (QED) is 0.419. The molecule has 0 aliphatic heterocycles. The van der Waals surface area contributed by atoms with Crippen molar-refractivity contribution in [1.82, 2.24) is 29.8 Å². The Balaban J connectivity index is 1.36. The number of fused-ring (bicyclic) bond motifs is 1. The molecule has 0 fully saturated rings. The van der Waals surface area contributed by atoms with Crippen LogP contribution in [0, 0.1) is 6.92 Å². The van der Waals surface area contributed by atoms with Crippen molar-refractivity contribution in [3.05, 3.63) is 82.3 Å². The second-order valence-electron chi connectivity index (χ2n) is 6.67. The molecule has 0 atom stereocenters. The summed E-state index contributed by atoms with van der Waals surface area (Å²) in [6.45, 7) is 2.05. The number of aromatic amines is 1. The molecule has 0 saturated carbocycles. The van der Waals surface area contributed by atoms with E-state index in [9.17, 15) is 4.79 Å². The van der Waals surface area contributed by atoms with Crippen molar-refractivity contribution in [3.8, 4) is 22.0 Å². The van der Waals surface area contributed by atoms with Crippen LogP contribution in [-0.2, 0) is 5.75 Å². The number of aromatic nitrogens is 6. The molecule has 0 amide bonds. The third kappa shape index (κ3) is 3.77. The number of H-pyrrole nitrogens is 1. The van der Waals surface area contributed by atoms with E-state index in [1.807, 2.05) is 61.5 Å². The highest BCUT2D eigenvalue weighted by atomic mass is 32.2. The summed E-state index contributed by atoms with van der Waals surface area (Å²) in [6, 6.07) is 19.4. The van der Waals surface area contributed by atoms with E-state index in [1.54, 1.807) is 0 Å². The van der Waals surface area contributed by atoms with Crippen molar-refractivity contribution >= 4 is 28.1 Å². The lowest BCUT2D eigenvalue weighted by Gasteiger charge is -1.98. The van der Waals surface area contributed by atoms with Crippen LogP contribution < -0.4 is 5.56 Å². The first-order valence-corrected chi connectivity index (χ1v) is 11.0. The lowest BCUT2D eigenvalue weighted by Crippen LogP contribution is -2.15. The number of aryl methyl sites for hydroxylation is 1. The summed E-state index contributed by atoms with van der Waals surface area (Å²) in [7, 11) is 0. The smallest absolute Gasteiger partial charge is 0.267 e. The van der Waals surface area contributed by atoms with Gasteiger partial charge in [0.15, 0.2) is 5.82 Å². The maximum atomic E-state index is 12.5. The zero-order chi connectivity index (χ0) is 20.5. The van der Waals surface area contributed by atoms with E-state index in [-0.39, 0.29) is 5.56 Å². The Hall–Kier alpha value is -3.30. The molecule has 0 radical (unpaired) electrons. The Morgan fingerprint density at radius 3 is 2.63 bits per heavy atom. The molecule has 5 aromatic rings. The third-order valence-corrected chi connectivity index (χ3v) is 6.30. The Labute approximate surface area is 179 Å². The molecular weight excluding hydrogens is 416 g/mol. The van der Waals surface area contributed by atoms with E-state index < -0.39 is 0 Å². The summed E-state index contributed by atoms with van der Waals surface area (Å²) < 4.78 is 1.35. The van der Waals surface area contributed by atoms with Gasteiger partial charge in [-0.25, -0.2) is 9.97 Å². The minimum absolute atomic E-state index is 0.190. The van der Waals surface area contributed by atoms with Gasteiger partial charge in [0.2, 0.25) is 10.1 Å². The van der Waals surface area contributed by atoms with E-state index in [1.165, 1.54) is 39.2 Å². The Kier molecular flexibility index (Phi) is 4.89. The van der Waals surface area contributed by atoms with Gasteiger partial charge < -0.3 is 0 Å². The zero-order valence-corrected chi connectivity index (χ0v) is 17.6. The van der Waals surface area contributed by atoms with E-state index in [2.05, 4.69) is 25.3 Å². The SMILES string of the molecule is Cc1ccc(-c2nc(SCc3cc(=O)n4nc(-c5ccccc5)sc4n3)n[nH]2)cc1. The first kappa shape index (κ1) is 18.7. The zero-order valence-electron chi connectivity index (χ0n) is 15.9. The summed E-state index contributed by atoms with van der Waals surface area (Å²) in [5.74, 6) is 1.21. The maximum Gasteiger partial charge on any atom is 0.275 e. The third-order valence-electron chi connectivity index (χ3n) is 4.46. The number of hydrogen-bond acceptors (Lipinski definition) is 7. The largest absolute Gasteiger partial charge is 0.275 e. The maximum absolute atomic E-state index is 12.5. The van der Waals surface area contributed by atoms with Crippen LogP contribution in [0.4, 0.5) is 0 Å². The van der Waals surface area contributed by atoms with Gasteiger partial charge in [-0.3, -0.25) is 9.89 Å². The number of rotatable bonds is 5. The van der Waals surface area contributed by atoms with Crippen molar-refractivity contribution in [2.24, 2.45) is 0 Å². The molecule has 1 N–H and O–H groups in total. The molecule has 0 unspecified atom stereocenters. The van der Waals surface area contributed by atoms with Crippen LogP contribution in [-0.4, -0.2) is 29.8 Å². The Morgan fingerprint density at radius 1 is 1.03 bits per heavy atom. The fraction of sp³-hybridized carbons (Fsp3) is 0.0952. The van der Waals surface area contributed by atoms with Crippen molar-refractivity contribution in [2.75, 3.05) is 0 Å². The van der Waals surface area contributed by atoms with Crippen molar-refractivity contribution in [1.29, 1.82) is 0 Å². The second kappa shape index (κ2) is 7.85. The van der Waals surface area contributed by atoms with E-state index >= 15 is 0 Å². The molecule has 9 heteroatoms. The van der Waals surface area contributed by atoms with Crippen LogP contribution in [0.15, 0.2) is 70.6 Å². The first-order valence-electron chi connectivity index (χ1n) is 9.23. The summed E-state index contributed by atoms with van der Waals surface area (Å²) >= 11 is 2.83. The number of thioether (sulfide) groups is 1. The van der Waals surface area contributed by atoms with E-state index in [4.69, 9.17) is 0 Å². The molecule has 2 aromatic carbocycles. The summed E-state index contributed by atoms with van der Waals surface area (Å²) in [5, 5.41) is 13.0. The van der Waals surface area contributed by atoms with Gasteiger partial charge in [-0.2, -0.15) is 9.61 Å². The predicted octanol–water partition coefficient (Wildman–Crippen LogP) is 4.20. The molecule has 0 saturated heterocycles. The van der Waals surface area contributed by atoms with Crippen LogP contribution in [0.1, 0.15) is 11.3 Å². The van der Waals surface area contributed by atoms with Crippen LogP contribution in [0.3, 0.4) is 0 Å². The average molecular weight is 433 g/mol. The molecule has 7 nitrogen and oxygen atoms in total. The Bertz CT molecular complexity index is 1370. The molecule has 3 heterocycles. The summed E-state index contributed by atoms with van der Waals surface area (Å²) in [4.78, 5) is 22.2. The van der Waals surface area contributed by atoms with Crippen LogP contribution in [0.25, 0.3) is 26.9 Å². The molecule has 0 aliphatic carbocycles. The van der Waals surface area contributed by atoms with Gasteiger partial charge in [0, 0.05) is 22.9 Å². The minimum atomic E-state index is -0.190. The molecule has 30 heavy (non-hydrogen) atoms. The summed E-state index contributed by atoms with van der Waals surface area (Å²) in [5.41, 5.74) is 3.63. The fourth-order valence-electron chi connectivity index (χ4n) is 2.92. The van der Waals surface area contributed by atoms with E-state index in [0.29, 0.717) is 21.6 Å².